The molecule has 1 rings (SSSR count). The average Bonchev–Trinajstić information content (AvgIpc) is 2.47. The summed E-state index contributed by atoms with van der Waals surface area (Å²) in [5.74, 6) is 0.247. The number of benzene rings is 1. The highest BCUT2D eigenvalue weighted by atomic mass is 127. The number of hydrogen-bond donors (Lipinski definition) is 2. The van der Waals surface area contributed by atoms with E-state index in [-0.39, 0.29) is 11.2 Å². The van der Waals surface area contributed by atoms with Crippen LogP contribution in [0.1, 0.15) is 71.8 Å². The van der Waals surface area contributed by atoms with E-state index in [1.807, 2.05) is 26.8 Å². The SMILES string of the molecule is CCCCCCCCN(C(=O)O)c1cc(I)c(O)c(C(C)(C)C)c1. The van der Waals surface area contributed by atoms with Crippen LogP contribution in [-0.2, 0) is 5.41 Å². The molecule has 0 aromatic heterocycles. The van der Waals surface area contributed by atoms with Crippen molar-refractivity contribution in [2.75, 3.05) is 11.4 Å². The molecule has 0 fully saturated rings. The first-order valence-electron chi connectivity index (χ1n) is 8.72. The van der Waals surface area contributed by atoms with Gasteiger partial charge in [0.25, 0.3) is 0 Å². The average molecular weight is 447 g/mol. The third-order valence-corrected chi connectivity index (χ3v) is 4.96. The summed E-state index contributed by atoms with van der Waals surface area (Å²) in [4.78, 5) is 13.1. The van der Waals surface area contributed by atoms with Crippen LogP contribution in [-0.4, -0.2) is 22.9 Å². The van der Waals surface area contributed by atoms with Crippen LogP contribution in [0.3, 0.4) is 0 Å². The van der Waals surface area contributed by atoms with Gasteiger partial charge in [0.05, 0.1) is 3.57 Å². The Hall–Kier alpha value is -0.980. The molecule has 1 aromatic rings. The van der Waals surface area contributed by atoms with Crippen LogP contribution < -0.4 is 4.90 Å². The van der Waals surface area contributed by atoms with Gasteiger partial charge >= 0.3 is 6.09 Å². The Morgan fingerprint density at radius 3 is 2.25 bits per heavy atom. The standard InChI is InChI=1S/C19H30INO3/c1-5-6-7-8-9-10-11-21(18(23)24)14-12-15(19(2,3)4)17(22)16(20)13-14/h12-13,22H,5-11H2,1-4H3,(H,23,24). The molecule has 5 heteroatoms. The van der Waals surface area contributed by atoms with E-state index in [1.165, 1.54) is 24.2 Å². The summed E-state index contributed by atoms with van der Waals surface area (Å²) in [6.45, 7) is 8.72. The van der Waals surface area contributed by atoms with Crippen molar-refractivity contribution in [3.63, 3.8) is 0 Å². The van der Waals surface area contributed by atoms with E-state index < -0.39 is 6.09 Å². The monoisotopic (exact) mass is 447 g/mol. The molecule has 24 heavy (non-hydrogen) atoms. The molecule has 0 atom stereocenters. The van der Waals surface area contributed by atoms with Gasteiger partial charge in [-0.3, -0.25) is 4.90 Å². The first-order chi connectivity index (χ1) is 11.2. The predicted molar refractivity (Wildman–Crippen MR) is 108 cm³/mol. The lowest BCUT2D eigenvalue weighted by molar-refractivity contribution is 0.201. The maximum absolute atomic E-state index is 11.7. The number of carbonyl (C=O) groups is 1. The van der Waals surface area contributed by atoms with E-state index in [0.717, 1.165) is 24.8 Å². The van der Waals surface area contributed by atoms with Crippen LogP contribution in [0.4, 0.5) is 10.5 Å². The predicted octanol–water partition coefficient (Wildman–Crippen LogP) is 6.14. The Kier molecular flexibility index (Phi) is 8.33. The second-order valence-electron chi connectivity index (χ2n) is 7.28. The molecule has 0 aliphatic carbocycles. The minimum Gasteiger partial charge on any atom is -0.507 e. The van der Waals surface area contributed by atoms with Gasteiger partial charge in [0.15, 0.2) is 0 Å². The highest BCUT2D eigenvalue weighted by Crippen LogP contribution is 2.37. The number of aromatic hydroxyl groups is 1. The van der Waals surface area contributed by atoms with Crippen molar-refractivity contribution in [3.8, 4) is 5.75 Å². The summed E-state index contributed by atoms with van der Waals surface area (Å²) in [5.41, 5.74) is 1.17. The van der Waals surface area contributed by atoms with Gasteiger partial charge in [-0.2, -0.15) is 0 Å². The number of anilines is 1. The lowest BCUT2D eigenvalue weighted by Gasteiger charge is -2.25. The number of amides is 1. The van der Waals surface area contributed by atoms with Crippen LogP contribution in [0.25, 0.3) is 0 Å². The summed E-state index contributed by atoms with van der Waals surface area (Å²) in [7, 11) is 0. The van der Waals surface area contributed by atoms with Crippen LogP contribution in [0, 0.1) is 3.57 Å². The number of phenols is 1. The maximum atomic E-state index is 11.7. The zero-order valence-corrected chi connectivity index (χ0v) is 17.4. The Bertz CT molecular complexity index is 552. The molecule has 0 heterocycles. The summed E-state index contributed by atoms with van der Waals surface area (Å²) in [5, 5.41) is 19.9. The number of hydrogen-bond acceptors (Lipinski definition) is 2. The third-order valence-electron chi connectivity index (χ3n) is 4.13. The van der Waals surface area contributed by atoms with Crippen molar-refractivity contribution >= 4 is 34.4 Å². The van der Waals surface area contributed by atoms with Crippen molar-refractivity contribution in [2.24, 2.45) is 0 Å². The van der Waals surface area contributed by atoms with Crippen molar-refractivity contribution in [1.29, 1.82) is 0 Å². The lowest BCUT2D eigenvalue weighted by Crippen LogP contribution is -2.30. The summed E-state index contributed by atoms with van der Waals surface area (Å²) < 4.78 is 0.684. The largest absolute Gasteiger partial charge is 0.507 e. The molecule has 4 nitrogen and oxygen atoms in total. The summed E-state index contributed by atoms with van der Waals surface area (Å²) >= 11 is 2.06. The van der Waals surface area contributed by atoms with E-state index in [9.17, 15) is 15.0 Å². The van der Waals surface area contributed by atoms with Crippen molar-refractivity contribution in [1.82, 2.24) is 0 Å². The number of nitrogens with zero attached hydrogens (tertiary/aromatic N) is 1. The molecule has 1 amide bonds. The van der Waals surface area contributed by atoms with Crippen LogP contribution in [0.15, 0.2) is 12.1 Å². The molecule has 0 radical (unpaired) electrons. The van der Waals surface area contributed by atoms with E-state index in [0.29, 0.717) is 15.8 Å². The molecule has 0 saturated heterocycles. The van der Waals surface area contributed by atoms with Crippen molar-refractivity contribution in [2.45, 2.75) is 71.6 Å². The molecule has 0 aliphatic rings. The normalized spacial score (nSPS) is 11.5. The molecule has 0 spiro atoms. The number of rotatable bonds is 8. The van der Waals surface area contributed by atoms with E-state index in [1.54, 1.807) is 6.07 Å². The highest BCUT2D eigenvalue weighted by molar-refractivity contribution is 14.1. The molecular weight excluding hydrogens is 417 g/mol. The van der Waals surface area contributed by atoms with Gasteiger partial charge in [-0.25, -0.2) is 4.79 Å². The lowest BCUT2D eigenvalue weighted by atomic mass is 9.86. The molecule has 0 bridgehead atoms. The zero-order valence-electron chi connectivity index (χ0n) is 15.2. The van der Waals surface area contributed by atoms with Crippen LogP contribution in [0.2, 0.25) is 0 Å². The molecule has 0 unspecified atom stereocenters. The summed E-state index contributed by atoms with van der Waals surface area (Å²) in [6.07, 6.45) is 5.79. The second kappa shape index (κ2) is 9.49. The molecule has 0 saturated carbocycles. The van der Waals surface area contributed by atoms with Crippen molar-refractivity contribution < 1.29 is 15.0 Å². The fraction of sp³-hybridized carbons (Fsp3) is 0.632. The van der Waals surface area contributed by atoms with Gasteiger partial charge in [-0.1, -0.05) is 59.8 Å². The fourth-order valence-corrected chi connectivity index (χ4v) is 3.31. The number of phenolic OH excluding ortho intramolecular Hbond substituents is 1. The smallest absolute Gasteiger partial charge is 0.411 e. The highest BCUT2D eigenvalue weighted by Gasteiger charge is 2.23. The second-order valence-corrected chi connectivity index (χ2v) is 8.44. The zero-order chi connectivity index (χ0) is 18.3. The summed E-state index contributed by atoms with van der Waals surface area (Å²) in [6, 6.07) is 3.55. The molecule has 1 aromatic carbocycles. The third kappa shape index (κ3) is 6.15. The number of halogens is 1. The molecule has 2 N–H and O–H groups in total. The first kappa shape index (κ1) is 21.1. The molecule has 136 valence electrons. The van der Waals surface area contributed by atoms with Gasteiger partial charge in [-0.05, 0) is 46.6 Å². The van der Waals surface area contributed by atoms with Crippen LogP contribution >= 0.6 is 22.6 Å². The van der Waals surface area contributed by atoms with Crippen molar-refractivity contribution in [3.05, 3.63) is 21.3 Å². The van der Waals surface area contributed by atoms with Gasteiger partial charge in [-0.15, -0.1) is 0 Å². The number of unbranched alkanes of at least 4 members (excludes halogenated alkanes) is 5. The Balaban J connectivity index is 2.89. The van der Waals surface area contributed by atoms with E-state index in [2.05, 4.69) is 29.5 Å². The van der Waals surface area contributed by atoms with Gasteiger partial charge in [0, 0.05) is 17.8 Å². The first-order valence-corrected chi connectivity index (χ1v) is 9.79. The minimum atomic E-state index is -0.940. The van der Waals surface area contributed by atoms with Gasteiger partial charge < -0.3 is 10.2 Å². The van der Waals surface area contributed by atoms with Gasteiger partial charge in [0.1, 0.15) is 5.75 Å². The maximum Gasteiger partial charge on any atom is 0.411 e. The number of carboxylic acid groups (broad SMARTS) is 1. The Morgan fingerprint density at radius 2 is 1.71 bits per heavy atom. The molecule has 0 aliphatic heterocycles. The van der Waals surface area contributed by atoms with E-state index >= 15 is 0 Å². The Labute approximate surface area is 159 Å². The van der Waals surface area contributed by atoms with Gasteiger partial charge in [0.2, 0.25) is 0 Å². The minimum absolute atomic E-state index is 0.246. The fourth-order valence-electron chi connectivity index (χ4n) is 2.70. The Morgan fingerprint density at radius 1 is 1.12 bits per heavy atom. The molecular formula is C19H30INO3. The topological polar surface area (TPSA) is 60.8 Å². The quantitative estimate of drug-likeness (QED) is 0.372. The van der Waals surface area contributed by atoms with E-state index in [4.69, 9.17) is 0 Å². The van der Waals surface area contributed by atoms with Crippen LogP contribution in [0.5, 0.6) is 5.75 Å².